The Bertz CT molecular complexity index is 977. The number of anilines is 1. The molecule has 3 aromatic heterocycles. The van der Waals surface area contributed by atoms with Crippen molar-refractivity contribution in [2.75, 3.05) is 11.9 Å². The lowest BCUT2D eigenvalue weighted by molar-refractivity contribution is -0.123. The maximum absolute atomic E-state index is 12.2. The fourth-order valence-electron chi connectivity index (χ4n) is 2.28. The number of imidazole rings is 1. The number of carbonyl (C=O) groups excluding carboxylic acids is 2. The first-order chi connectivity index (χ1) is 12.2. The first-order valence-corrected chi connectivity index (χ1v) is 8.29. The minimum absolute atomic E-state index is 0.189. The number of hydrogen-bond acceptors (Lipinski definition) is 4. The van der Waals surface area contributed by atoms with Crippen molar-refractivity contribution in [2.45, 2.75) is 13.1 Å². The van der Waals surface area contributed by atoms with Gasteiger partial charge in [-0.25, -0.2) is 4.98 Å². The molecule has 3 heterocycles. The van der Waals surface area contributed by atoms with Crippen LogP contribution >= 0.6 is 11.3 Å². The molecule has 0 fully saturated rings. The summed E-state index contributed by atoms with van der Waals surface area (Å²) < 4.78 is 38.3. The average Bonchev–Trinajstić information content (AvgIpc) is 3.16. The highest BCUT2D eigenvalue weighted by Gasteiger charge is 2.28. The third-order valence-corrected chi connectivity index (χ3v) is 4.29. The molecule has 2 amide bonds. The summed E-state index contributed by atoms with van der Waals surface area (Å²) in [7, 11) is 0. The summed E-state index contributed by atoms with van der Waals surface area (Å²) in [5.74, 6) is -0.594. The normalized spacial score (nSPS) is 11.5. The van der Waals surface area contributed by atoms with Gasteiger partial charge in [-0.15, -0.1) is 11.3 Å². The van der Waals surface area contributed by atoms with Crippen LogP contribution in [0, 0.1) is 0 Å². The maximum atomic E-state index is 12.2. The number of hydrogen-bond donors (Lipinski definition) is 2. The highest BCUT2D eigenvalue weighted by Crippen LogP contribution is 2.26. The zero-order valence-electron chi connectivity index (χ0n) is 13.4. The zero-order valence-corrected chi connectivity index (χ0v) is 14.2. The smallest absolute Gasteiger partial charge is 0.342 e. The second kappa shape index (κ2) is 6.79. The van der Waals surface area contributed by atoms with Crippen LogP contribution in [0.2, 0.25) is 0 Å². The van der Waals surface area contributed by atoms with E-state index >= 15 is 0 Å². The van der Waals surface area contributed by atoms with Crippen molar-refractivity contribution >= 4 is 34.6 Å². The zero-order chi connectivity index (χ0) is 18.9. The summed E-state index contributed by atoms with van der Waals surface area (Å²) in [4.78, 5) is 27.3. The Balaban J connectivity index is 1.80. The molecule has 0 spiro atoms. The minimum Gasteiger partial charge on any atom is -0.342 e. The van der Waals surface area contributed by atoms with E-state index in [1.807, 2.05) is 5.32 Å². The maximum Gasteiger partial charge on any atom is 0.405 e. The van der Waals surface area contributed by atoms with Gasteiger partial charge < -0.3 is 15.0 Å². The lowest BCUT2D eigenvalue weighted by Crippen LogP contribution is -2.33. The van der Waals surface area contributed by atoms with Crippen LogP contribution < -0.4 is 10.6 Å². The summed E-state index contributed by atoms with van der Waals surface area (Å²) in [6.07, 6.45) is -1.05. The van der Waals surface area contributed by atoms with E-state index in [1.54, 1.807) is 34.3 Å². The lowest BCUT2D eigenvalue weighted by Gasteiger charge is -2.06. The number of thiophene rings is 1. The number of alkyl halides is 3. The topological polar surface area (TPSA) is 75.5 Å². The molecule has 3 rings (SSSR count). The standard InChI is InChI=1S/C16H13F3N4O2S/c1-9(24)21-13-6-23-5-10(2-3-14(23)22-13)11-4-12(26-7-11)15(25)20-8-16(17,18)19/h2-7H,8H2,1H3,(H,20,25)(H,21,24). The summed E-state index contributed by atoms with van der Waals surface area (Å²) >= 11 is 1.06. The molecule has 0 bridgehead atoms. The van der Waals surface area contributed by atoms with Gasteiger partial charge in [0.2, 0.25) is 5.91 Å². The Morgan fingerprint density at radius 1 is 1.23 bits per heavy atom. The van der Waals surface area contributed by atoms with Gasteiger partial charge >= 0.3 is 6.18 Å². The Morgan fingerprint density at radius 3 is 2.69 bits per heavy atom. The van der Waals surface area contributed by atoms with Crippen LogP contribution in [-0.4, -0.2) is 33.9 Å². The van der Waals surface area contributed by atoms with Crippen molar-refractivity contribution < 1.29 is 22.8 Å². The van der Waals surface area contributed by atoms with Crippen LogP contribution in [0.15, 0.2) is 36.0 Å². The molecule has 26 heavy (non-hydrogen) atoms. The van der Waals surface area contributed by atoms with Crippen molar-refractivity contribution in [3.05, 3.63) is 40.8 Å². The SMILES string of the molecule is CC(=O)Nc1cn2cc(-c3csc(C(=O)NCC(F)(F)F)c3)ccc2n1. The summed E-state index contributed by atoms with van der Waals surface area (Å²) in [5, 5.41) is 6.12. The van der Waals surface area contributed by atoms with Crippen LogP contribution in [-0.2, 0) is 4.79 Å². The van der Waals surface area contributed by atoms with E-state index in [4.69, 9.17) is 0 Å². The molecule has 0 atom stereocenters. The van der Waals surface area contributed by atoms with Crippen molar-refractivity contribution in [2.24, 2.45) is 0 Å². The van der Waals surface area contributed by atoms with E-state index in [0.29, 0.717) is 17.0 Å². The molecule has 0 unspecified atom stereocenters. The van der Waals surface area contributed by atoms with E-state index in [9.17, 15) is 22.8 Å². The first-order valence-electron chi connectivity index (χ1n) is 7.41. The number of rotatable bonds is 4. The molecule has 2 N–H and O–H groups in total. The first kappa shape index (κ1) is 17.9. The van der Waals surface area contributed by atoms with Gasteiger partial charge in [-0.1, -0.05) is 0 Å². The van der Waals surface area contributed by atoms with Crippen LogP contribution in [0.5, 0.6) is 0 Å². The van der Waals surface area contributed by atoms with Crippen molar-refractivity contribution in [1.29, 1.82) is 0 Å². The highest BCUT2D eigenvalue weighted by molar-refractivity contribution is 7.12. The van der Waals surface area contributed by atoms with Gasteiger partial charge in [0.1, 0.15) is 12.2 Å². The Labute approximate surface area is 149 Å². The summed E-state index contributed by atoms with van der Waals surface area (Å²) in [6, 6.07) is 5.05. The number of nitrogens with one attached hydrogen (secondary N) is 2. The highest BCUT2D eigenvalue weighted by atomic mass is 32.1. The van der Waals surface area contributed by atoms with Gasteiger partial charge in [0.05, 0.1) is 11.1 Å². The van der Waals surface area contributed by atoms with Crippen LogP contribution in [0.4, 0.5) is 19.0 Å². The molecule has 3 aromatic rings. The second-order valence-corrected chi connectivity index (χ2v) is 6.40. The summed E-state index contributed by atoms with van der Waals surface area (Å²) in [6.45, 7) is 0.0121. The Kier molecular flexibility index (Phi) is 4.68. The second-order valence-electron chi connectivity index (χ2n) is 5.49. The molecule has 0 aliphatic rings. The molecule has 0 saturated carbocycles. The fourth-order valence-corrected chi connectivity index (χ4v) is 3.11. The van der Waals surface area contributed by atoms with Crippen LogP contribution in [0.25, 0.3) is 16.8 Å². The molecule has 6 nitrogen and oxygen atoms in total. The van der Waals surface area contributed by atoms with E-state index in [-0.39, 0.29) is 10.8 Å². The van der Waals surface area contributed by atoms with Crippen LogP contribution in [0.3, 0.4) is 0 Å². The molecule has 0 radical (unpaired) electrons. The third-order valence-electron chi connectivity index (χ3n) is 3.36. The molecule has 0 aliphatic carbocycles. The van der Waals surface area contributed by atoms with Crippen LogP contribution in [0.1, 0.15) is 16.6 Å². The molecule has 0 aromatic carbocycles. The predicted molar refractivity (Wildman–Crippen MR) is 91.2 cm³/mol. The molecular weight excluding hydrogens is 369 g/mol. The molecular formula is C16H13F3N4O2S. The molecule has 0 aliphatic heterocycles. The quantitative estimate of drug-likeness (QED) is 0.727. The number of amides is 2. The van der Waals surface area contributed by atoms with Crippen molar-refractivity contribution in [1.82, 2.24) is 14.7 Å². The predicted octanol–water partition coefficient (Wildman–Crippen LogP) is 3.31. The number of aromatic nitrogens is 2. The van der Waals surface area contributed by atoms with E-state index in [0.717, 1.165) is 16.9 Å². The number of nitrogens with zero attached hydrogens (tertiary/aromatic N) is 2. The summed E-state index contributed by atoms with van der Waals surface area (Å²) in [5.41, 5.74) is 2.08. The number of halogens is 3. The third kappa shape index (κ3) is 4.20. The largest absolute Gasteiger partial charge is 0.405 e. The Hall–Kier alpha value is -2.88. The Morgan fingerprint density at radius 2 is 2.00 bits per heavy atom. The van der Waals surface area contributed by atoms with Gasteiger partial charge in [-0.2, -0.15) is 13.2 Å². The lowest BCUT2D eigenvalue weighted by atomic mass is 10.1. The van der Waals surface area contributed by atoms with Gasteiger partial charge in [-0.3, -0.25) is 9.59 Å². The molecule has 0 saturated heterocycles. The van der Waals surface area contributed by atoms with Gasteiger partial charge in [0.15, 0.2) is 5.82 Å². The van der Waals surface area contributed by atoms with Gasteiger partial charge in [0, 0.05) is 13.1 Å². The molecule has 10 heteroatoms. The number of carbonyl (C=O) groups is 2. The van der Waals surface area contributed by atoms with Crippen molar-refractivity contribution in [3.8, 4) is 11.1 Å². The minimum atomic E-state index is -4.45. The van der Waals surface area contributed by atoms with Gasteiger partial charge in [-0.05, 0) is 34.7 Å². The van der Waals surface area contributed by atoms with E-state index in [1.165, 1.54) is 13.0 Å². The fraction of sp³-hybridized carbons (Fsp3) is 0.188. The van der Waals surface area contributed by atoms with Crippen molar-refractivity contribution in [3.63, 3.8) is 0 Å². The average molecular weight is 382 g/mol. The number of pyridine rings is 1. The van der Waals surface area contributed by atoms with E-state index in [2.05, 4.69) is 10.3 Å². The van der Waals surface area contributed by atoms with Gasteiger partial charge in [0.25, 0.3) is 5.91 Å². The van der Waals surface area contributed by atoms with E-state index < -0.39 is 18.6 Å². The molecule has 136 valence electrons. The monoisotopic (exact) mass is 382 g/mol. The number of fused-ring (bicyclic) bond motifs is 1.